The standard InChI is InChI=1S/C16H20ClN3O2.2ClH/c1-11(18-2)9-19-15(21)7-8-16-20-10-14(22-16)12-3-5-13(17)6-4-12;;/h3-6,10-11,18H,7-9H2,1-2H3,(H,19,21);2*1H. The molecule has 1 unspecified atom stereocenters. The first-order valence-electron chi connectivity index (χ1n) is 7.23. The Kier molecular flexibility index (Phi) is 10.7. The van der Waals surface area contributed by atoms with Gasteiger partial charge in [-0.15, -0.1) is 24.8 Å². The number of carbonyl (C=O) groups excluding carboxylic acids is 1. The van der Waals surface area contributed by atoms with Crippen molar-refractivity contribution in [3.8, 4) is 11.3 Å². The highest BCUT2D eigenvalue weighted by Crippen LogP contribution is 2.22. The number of oxazole rings is 1. The molecule has 0 saturated carbocycles. The third-order valence-electron chi connectivity index (χ3n) is 3.35. The van der Waals surface area contributed by atoms with E-state index in [4.69, 9.17) is 16.0 Å². The van der Waals surface area contributed by atoms with Gasteiger partial charge < -0.3 is 15.1 Å². The van der Waals surface area contributed by atoms with Crippen LogP contribution in [0.15, 0.2) is 34.9 Å². The highest BCUT2D eigenvalue weighted by molar-refractivity contribution is 6.30. The Morgan fingerprint density at radius 3 is 2.58 bits per heavy atom. The molecule has 1 aromatic carbocycles. The molecule has 5 nitrogen and oxygen atoms in total. The van der Waals surface area contributed by atoms with Crippen molar-refractivity contribution >= 4 is 42.3 Å². The van der Waals surface area contributed by atoms with Crippen LogP contribution in [-0.4, -0.2) is 30.5 Å². The van der Waals surface area contributed by atoms with Crippen LogP contribution in [-0.2, 0) is 11.2 Å². The fourth-order valence-corrected chi connectivity index (χ4v) is 1.98. The number of aromatic nitrogens is 1. The lowest BCUT2D eigenvalue weighted by Gasteiger charge is -2.10. The second-order valence-corrected chi connectivity index (χ2v) is 5.56. The molecule has 8 heteroatoms. The van der Waals surface area contributed by atoms with Crippen LogP contribution in [0.5, 0.6) is 0 Å². The number of nitrogens with zero attached hydrogens (tertiary/aromatic N) is 1. The van der Waals surface area contributed by atoms with Crippen molar-refractivity contribution in [3.63, 3.8) is 0 Å². The predicted octanol–water partition coefficient (Wildman–Crippen LogP) is 3.50. The van der Waals surface area contributed by atoms with Gasteiger partial charge in [-0.05, 0) is 38.2 Å². The molecule has 2 rings (SSSR count). The van der Waals surface area contributed by atoms with E-state index in [1.54, 1.807) is 18.3 Å². The number of likely N-dealkylation sites (N-methyl/N-ethyl adjacent to an activating group) is 1. The van der Waals surface area contributed by atoms with Crippen molar-refractivity contribution in [2.75, 3.05) is 13.6 Å². The summed E-state index contributed by atoms with van der Waals surface area (Å²) in [6.07, 6.45) is 2.50. The second kappa shape index (κ2) is 11.3. The molecule has 1 aromatic heterocycles. The van der Waals surface area contributed by atoms with E-state index in [0.717, 1.165) is 5.56 Å². The van der Waals surface area contributed by atoms with Gasteiger partial charge >= 0.3 is 0 Å². The third-order valence-corrected chi connectivity index (χ3v) is 3.60. The number of hydrogen-bond acceptors (Lipinski definition) is 4. The van der Waals surface area contributed by atoms with E-state index in [1.807, 2.05) is 26.1 Å². The highest BCUT2D eigenvalue weighted by Gasteiger charge is 2.09. The number of nitrogens with one attached hydrogen (secondary N) is 2. The van der Waals surface area contributed by atoms with Crippen LogP contribution in [0.25, 0.3) is 11.3 Å². The number of carbonyl (C=O) groups is 1. The Morgan fingerprint density at radius 2 is 1.96 bits per heavy atom. The van der Waals surface area contributed by atoms with E-state index >= 15 is 0 Å². The highest BCUT2D eigenvalue weighted by atomic mass is 35.5. The molecule has 0 aliphatic carbocycles. The normalized spacial score (nSPS) is 11.1. The summed E-state index contributed by atoms with van der Waals surface area (Å²) in [4.78, 5) is 15.9. The minimum Gasteiger partial charge on any atom is -0.441 e. The van der Waals surface area contributed by atoms with Crippen molar-refractivity contribution in [1.29, 1.82) is 0 Å². The number of amides is 1. The molecule has 1 heterocycles. The summed E-state index contributed by atoms with van der Waals surface area (Å²) in [6.45, 7) is 2.61. The van der Waals surface area contributed by atoms with E-state index in [1.165, 1.54) is 0 Å². The summed E-state index contributed by atoms with van der Waals surface area (Å²) in [5, 5.41) is 6.60. The fraction of sp³-hybridized carbons (Fsp3) is 0.375. The van der Waals surface area contributed by atoms with Crippen LogP contribution in [0, 0.1) is 0 Å². The number of halogens is 3. The lowest BCUT2D eigenvalue weighted by atomic mass is 10.2. The van der Waals surface area contributed by atoms with E-state index in [0.29, 0.717) is 36.1 Å². The first-order chi connectivity index (χ1) is 10.6. The monoisotopic (exact) mass is 393 g/mol. The summed E-state index contributed by atoms with van der Waals surface area (Å²) in [5.74, 6) is 1.23. The molecule has 0 fully saturated rings. The molecule has 24 heavy (non-hydrogen) atoms. The Labute approximate surface area is 159 Å². The molecule has 0 bridgehead atoms. The maximum Gasteiger partial charge on any atom is 0.220 e. The lowest BCUT2D eigenvalue weighted by molar-refractivity contribution is -0.121. The molecule has 2 N–H and O–H groups in total. The van der Waals surface area contributed by atoms with E-state index in [-0.39, 0.29) is 36.8 Å². The summed E-state index contributed by atoms with van der Waals surface area (Å²) in [5.41, 5.74) is 0.912. The van der Waals surface area contributed by atoms with Crippen LogP contribution < -0.4 is 10.6 Å². The van der Waals surface area contributed by atoms with Gasteiger partial charge in [0.2, 0.25) is 5.91 Å². The Balaban J connectivity index is 0.00000264. The summed E-state index contributed by atoms with van der Waals surface area (Å²) in [7, 11) is 1.86. The zero-order valence-corrected chi connectivity index (χ0v) is 15.9. The molecule has 0 saturated heterocycles. The van der Waals surface area contributed by atoms with Crippen LogP contribution >= 0.6 is 36.4 Å². The van der Waals surface area contributed by atoms with Gasteiger partial charge in [0, 0.05) is 36.0 Å². The first-order valence-corrected chi connectivity index (χ1v) is 7.61. The lowest BCUT2D eigenvalue weighted by Crippen LogP contribution is -2.37. The zero-order valence-electron chi connectivity index (χ0n) is 13.5. The zero-order chi connectivity index (χ0) is 15.9. The van der Waals surface area contributed by atoms with Crippen molar-refractivity contribution in [2.45, 2.75) is 25.8 Å². The van der Waals surface area contributed by atoms with Gasteiger partial charge in [0.25, 0.3) is 0 Å². The van der Waals surface area contributed by atoms with Gasteiger partial charge in [0.15, 0.2) is 11.7 Å². The predicted molar refractivity (Wildman–Crippen MR) is 101 cm³/mol. The summed E-state index contributed by atoms with van der Waals surface area (Å²) < 4.78 is 5.66. The van der Waals surface area contributed by atoms with Gasteiger partial charge in [-0.2, -0.15) is 0 Å². The Morgan fingerprint density at radius 1 is 1.29 bits per heavy atom. The molecule has 0 spiro atoms. The maximum absolute atomic E-state index is 11.7. The van der Waals surface area contributed by atoms with Crippen molar-refractivity contribution in [2.24, 2.45) is 0 Å². The number of aryl methyl sites for hydroxylation is 1. The minimum absolute atomic E-state index is 0. The van der Waals surface area contributed by atoms with Crippen LogP contribution in [0.2, 0.25) is 5.02 Å². The SMILES string of the molecule is CNC(C)CNC(=O)CCc1ncc(-c2ccc(Cl)cc2)o1.Cl.Cl. The topological polar surface area (TPSA) is 67.2 Å². The second-order valence-electron chi connectivity index (χ2n) is 5.12. The van der Waals surface area contributed by atoms with Crippen LogP contribution in [0.4, 0.5) is 0 Å². The fourth-order valence-electron chi connectivity index (χ4n) is 1.85. The number of rotatable bonds is 7. The molecule has 1 atom stereocenters. The van der Waals surface area contributed by atoms with Crippen LogP contribution in [0.1, 0.15) is 19.2 Å². The Hall–Kier alpha value is -1.27. The Bertz CT molecular complexity index is 617. The molecular formula is C16H22Cl3N3O2. The maximum atomic E-state index is 11.7. The van der Waals surface area contributed by atoms with Crippen molar-refractivity contribution in [3.05, 3.63) is 41.4 Å². The minimum atomic E-state index is -0.00616. The van der Waals surface area contributed by atoms with E-state index < -0.39 is 0 Å². The van der Waals surface area contributed by atoms with Crippen LogP contribution in [0.3, 0.4) is 0 Å². The van der Waals surface area contributed by atoms with Gasteiger partial charge in [-0.1, -0.05) is 11.6 Å². The molecule has 0 radical (unpaired) electrons. The molecule has 2 aromatic rings. The molecule has 1 amide bonds. The average molecular weight is 395 g/mol. The van der Waals surface area contributed by atoms with E-state index in [9.17, 15) is 4.79 Å². The number of benzene rings is 1. The van der Waals surface area contributed by atoms with Gasteiger partial charge in [0.1, 0.15) is 0 Å². The van der Waals surface area contributed by atoms with Crippen molar-refractivity contribution < 1.29 is 9.21 Å². The molecule has 0 aliphatic rings. The van der Waals surface area contributed by atoms with Gasteiger partial charge in [-0.25, -0.2) is 4.98 Å². The van der Waals surface area contributed by atoms with Gasteiger partial charge in [0.05, 0.1) is 6.20 Å². The number of hydrogen-bond donors (Lipinski definition) is 2. The molecule has 0 aliphatic heterocycles. The largest absolute Gasteiger partial charge is 0.441 e. The molecule has 134 valence electrons. The summed E-state index contributed by atoms with van der Waals surface area (Å²) in [6, 6.07) is 7.60. The summed E-state index contributed by atoms with van der Waals surface area (Å²) >= 11 is 5.86. The smallest absolute Gasteiger partial charge is 0.220 e. The quantitative estimate of drug-likeness (QED) is 0.754. The third kappa shape index (κ3) is 7.09. The van der Waals surface area contributed by atoms with Gasteiger partial charge in [-0.3, -0.25) is 4.79 Å². The molecular weight excluding hydrogens is 373 g/mol. The van der Waals surface area contributed by atoms with Crippen molar-refractivity contribution in [1.82, 2.24) is 15.6 Å². The van der Waals surface area contributed by atoms with E-state index in [2.05, 4.69) is 15.6 Å². The first kappa shape index (κ1) is 22.7. The average Bonchev–Trinajstić information content (AvgIpc) is 3.00.